The minimum Gasteiger partial charge on any atom is -0.366 e. The first-order valence-electron chi connectivity index (χ1n) is 8.92. The number of carbonyl (C=O) groups is 2. The number of anilines is 1. The molecule has 5 N–H and O–H groups in total. The summed E-state index contributed by atoms with van der Waals surface area (Å²) in [6.45, 7) is 0. The molecule has 1 aliphatic rings. The molecule has 0 saturated heterocycles. The first kappa shape index (κ1) is 21.6. The van der Waals surface area contributed by atoms with E-state index in [2.05, 4.69) is 15.6 Å². The number of alkyl halides is 3. The van der Waals surface area contributed by atoms with Crippen LogP contribution in [0.5, 0.6) is 0 Å². The third kappa shape index (κ3) is 3.64. The maximum Gasteiger partial charge on any atom is 0.416 e. The van der Waals surface area contributed by atoms with Crippen molar-refractivity contribution in [1.82, 2.24) is 10.3 Å². The fraction of sp³-hybridized carbons (Fsp3) is 0.100. The van der Waals surface area contributed by atoms with Crippen molar-refractivity contribution in [1.29, 1.82) is 0 Å². The van der Waals surface area contributed by atoms with Gasteiger partial charge in [0.2, 0.25) is 5.91 Å². The van der Waals surface area contributed by atoms with E-state index in [1.54, 1.807) is 0 Å². The second-order valence-corrected chi connectivity index (χ2v) is 7.34. The molecule has 0 fully saturated rings. The van der Waals surface area contributed by atoms with Crippen molar-refractivity contribution in [3.05, 3.63) is 75.4 Å². The molecular formula is C20H12ClF5N4O2. The van der Waals surface area contributed by atoms with Gasteiger partial charge in [-0.05, 0) is 30.3 Å². The third-order valence-corrected chi connectivity index (χ3v) is 5.29. The number of benzene rings is 2. The quantitative estimate of drug-likeness (QED) is 0.407. The fourth-order valence-corrected chi connectivity index (χ4v) is 3.83. The van der Waals surface area contributed by atoms with Crippen molar-refractivity contribution in [3.63, 3.8) is 0 Å². The minimum absolute atomic E-state index is 0.0591. The van der Waals surface area contributed by atoms with Gasteiger partial charge >= 0.3 is 12.2 Å². The molecule has 6 nitrogen and oxygen atoms in total. The van der Waals surface area contributed by atoms with E-state index < -0.39 is 52.5 Å². The van der Waals surface area contributed by atoms with Gasteiger partial charge in [-0.25, -0.2) is 13.6 Å². The lowest BCUT2D eigenvalue weighted by atomic mass is 9.89. The number of aromatic nitrogens is 1. The van der Waals surface area contributed by atoms with E-state index in [1.165, 1.54) is 12.3 Å². The molecule has 0 spiro atoms. The third-order valence-electron chi connectivity index (χ3n) is 4.94. The van der Waals surface area contributed by atoms with Crippen LogP contribution in [-0.4, -0.2) is 16.9 Å². The van der Waals surface area contributed by atoms with Gasteiger partial charge in [0.05, 0.1) is 17.2 Å². The number of aromatic amines is 1. The van der Waals surface area contributed by atoms with E-state index >= 15 is 0 Å². The SMILES string of the molecule is NC(=O)c1cc(C(F)(F)F)cc(F)c1-c1c[nH]c2c1C(c1cc(F)ccc1Cl)NC(=O)N2. The predicted molar refractivity (Wildman–Crippen MR) is 105 cm³/mol. The van der Waals surface area contributed by atoms with E-state index in [-0.39, 0.29) is 33.6 Å². The number of rotatable bonds is 3. The Labute approximate surface area is 181 Å². The van der Waals surface area contributed by atoms with Gasteiger partial charge < -0.3 is 16.0 Å². The lowest BCUT2D eigenvalue weighted by Crippen LogP contribution is -2.38. The molecule has 0 saturated carbocycles. The highest BCUT2D eigenvalue weighted by atomic mass is 35.5. The number of H-pyrrole nitrogens is 1. The Morgan fingerprint density at radius 2 is 1.84 bits per heavy atom. The number of fused-ring (bicyclic) bond motifs is 1. The first-order valence-corrected chi connectivity index (χ1v) is 9.29. The van der Waals surface area contributed by atoms with Gasteiger partial charge in [-0.2, -0.15) is 13.2 Å². The molecule has 1 atom stereocenters. The molecule has 0 radical (unpaired) electrons. The minimum atomic E-state index is -4.92. The molecule has 2 heterocycles. The molecule has 2 aromatic carbocycles. The van der Waals surface area contributed by atoms with Gasteiger partial charge in [-0.15, -0.1) is 0 Å². The van der Waals surface area contributed by atoms with E-state index in [4.69, 9.17) is 17.3 Å². The molecule has 3 aromatic rings. The Balaban J connectivity index is 1.99. The summed E-state index contributed by atoms with van der Waals surface area (Å²) in [7, 11) is 0. The number of halogens is 6. The van der Waals surface area contributed by atoms with Crippen molar-refractivity contribution in [2.24, 2.45) is 5.73 Å². The molecule has 166 valence electrons. The molecule has 1 unspecified atom stereocenters. The zero-order chi connectivity index (χ0) is 23.4. The maximum atomic E-state index is 15.0. The average Bonchev–Trinajstić information content (AvgIpc) is 3.11. The highest BCUT2D eigenvalue weighted by Gasteiger charge is 2.36. The Morgan fingerprint density at radius 1 is 1.12 bits per heavy atom. The number of hydrogen-bond acceptors (Lipinski definition) is 2. The number of urea groups is 1. The number of primary amides is 1. The lowest BCUT2D eigenvalue weighted by Gasteiger charge is -2.27. The largest absolute Gasteiger partial charge is 0.416 e. The molecule has 1 aromatic heterocycles. The van der Waals surface area contributed by atoms with Crippen LogP contribution >= 0.6 is 11.6 Å². The van der Waals surface area contributed by atoms with Crippen LogP contribution in [0, 0.1) is 11.6 Å². The van der Waals surface area contributed by atoms with Crippen LogP contribution in [0.2, 0.25) is 5.02 Å². The topological polar surface area (TPSA) is 100 Å². The van der Waals surface area contributed by atoms with Crippen LogP contribution in [0.15, 0.2) is 36.5 Å². The van der Waals surface area contributed by atoms with Gasteiger partial charge in [-0.3, -0.25) is 10.1 Å². The summed E-state index contributed by atoms with van der Waals surface area (Å²) in [5, 5.41) is 5.01. The summed E-state index contributed by atoms with van der Waals surface area (Å²) in [5.41, 5.74) is 2.78. The molecule has 1 aliphatic heterocycles. The summed E-state index contributed by atoms with van der Waals surface area (Å²) in [6, 6.07) is 2.26. The summed E-state index contributed by atoms with van der Waals surface area (Å²) in [5.74, 6) is -3.28. The molecule has 32 heavy (non-hydrogen) atoms. The van der Waals surface area contributed by atoms with Gasteiger partial charge in [0, 0.05) is 33.5 Å². The molecule has 0 aliphatic carbocycles. The van der Waals surface area contributed by atoms with Gasteiger partial charge in [0.1, 0.15) is 17.5 Å². The van der Waals surface area contributed by atoms with Crippen molar-refractivity contribution in [2.75, 3.05) is 5.32 Å². The lowest BCUT2D eigenvalue weighted by molar-refractivity contribution is -0.137. The molecule has 0 bridgehead atoms. The van der Waals surface area contributed by atoms with Crippen molar-refractivity contribution < 1.29 is 31.5 Å². The number of carbonyl (C=O) groups excluding carboxylic acids is 2. The van der Waals surface area contributed by atoms with Crippen LogP contribution < -0.4 is 16.4 Å². The van der Waals surface area contributed by atoms with Crippen LogP contribution in [0.25, 0.3) is 11.1 Å². The zero-order valence-electron chi connectivity index (χ0n) is 15.7. The number of amides is 3. The van der Waals surface area contributed by atoms with Crippen LogP contribution in [0.3, 0.4) is 0 Å². The van der Waals surface area contributed by atoms with E-state index in [9.17, 15) is 31.5 Å². The molecule has 3 amide bonds. The van der Waals surface area contributed by atoms with Gasteiger partial charge in [0.25, 0.3) is 0 Å². The molecular weight excluding hydrogens is 459 g/mol. The second kappa shape index (κ2) is 7.52. The number of hydrogen-bond donors (Lipinski definition) is 4. The monoisotopic (exact) mass is 470 g/mol. The number of nitrogens with one attached hydrogen (secondary N) is 3. The van der Waals surface area contributed by atoms with Crippen molar-refractivity contribution in [2.45, 2.75) is 12.2 Å². The van der Waals surface area contributed by atoms with E-state index in [1.807, 2.05) is 0 Å². The molecule has 12 heteroatoms. The Bertz CT molecular complexity index is 1270. The smallest absolute Gasteiger partial charge is 0.366 e. The highest BCUT2D eigenvalue weighted by Crippen LogP contribution is 2.44. The summed E-state index contributed by atoms with van der Waals surface area (Å²) < 4.78 is 68.3. The van der Waals surface area contributed by atoms with E-state index in [0.29, 0.717) is 6.07 Å². The zero-order valence-corrected chi connectivity index (χ0v) is 16.5. The fourth-order valence-electron chi connectivity index (χ4n) is 3.60. The Hall–Kier alpha value is -3.60. The first-order chi connectivity index (χ1) is 15.0. The van der Waals surface area contributed by atoms with Crippen molar-refractivity contribution >= 4 is 29.4 Å². The summed E-state index contributed by atoms with van der Waals surface area (Å²) in [4.78, 5) is 26.7. The number of nitrogens with two attached hydrogens (primary N) is 1. The molecule has 4 rings (SSSR count). The highest BCUT2D eigenvalue weighted by molar-refractivity contribution is 6.31. The summed E-state index contributed by atoms with van der Waals surface area (Å²) >= 11 is 6.17. The van der Waals surface area contributed by atoms with E-state index in [0.717, 1.165) is 12.1 Å². The standard InChI is InChI=1S/C20H12ClF5N4O2/c21-12-2-1-8(22)5-9(12)16-15-11(6-28-18(15)30-19(32)29-16)14-10(17(27)31)3-7(4-13(14)23)20(24,25)26/h1-6,16,28H,(H2,27,31)(H2,29,30,32). The van der Waals surface area contributed by atoms with Crippen LogP contribution in [-0.2, 0) is 6.18 Å². The van der Waals surface area contributed by atoms with Crippen molar-refractivity contribution in [3.8, 4) is 11.1 Å². The van der Waals surface area contributed by atoms with Crippen LogP contribution in [0.1, 0.15) is 33.1 Å². The Kier molecular flexibility index (Phi) is 5.08. The van der Waals surface area contributed by atoms with Gasteiger partial charge in [0.15, 0.2) is 0 Å². The predicted octanol–water partition coefficient (Wildman–Crippen LogP) is 4.96. The maximum absolute atomic E-state index is 15.0. The normalized spacial score (nSPS) is 15.7. The van der Waals surface area contributed by atoms with Crippen LogP contribution in [0.4, 0.5) is 32.6 Å². The summed E-state index contributed by atoms with van der Waals surface area (Å²) in [6.07, 6.45) is -3.73. The van der Waals surface area contributed by atoms with Gasteiger partial charge in [-0.1, -0.05) is 11.6 Å². The second-order valence-electron chi connectivity index (χ2n) is 6.93. The average molecular weight is 471 g/mol. The Morgan fingerprint density at radius 3 is 2.50 bits per heavy atom.